The van der Waals surface area contributed by atoms with Crippen LogP contribution >= 0.6 is 15.9 Å². The summed E-state index contributed by atoms with van der Waals surface area (Å²) in [6, 6.07) is 10.5. The van der Waals surface area contributed by atoms with E-state index in [1.807, 2.05) is 12.1 Å². The normalized spacial score (nSPS) is 10.6. The van der Waals surface area contributed by atoms with Crippen molar-refractivity contribution >= 4 is 15.9 Å². The van der Waals surface area contributed by atoms with Crippen molar-refractivity contribution in [3.8, 4) is 28.7 Å². The van der Waals surface area contributed by atoms with E-state index in [1.165, 1.54) is 0 Å². The molecule has 0 fully saturated rings. The molecule has 3 rings (SSSR count). The van der Waals surface area contributed by atoms with Gasteiger partial charge in [0.15, 0.2) is 0 Å². The molecule has 0 unspecified atom stereocenters. The second kappa shape index (κ2) is 4.81. The summed E-state index contributed by atoms with van der Waals surface area (Å²) in [4.78, 5) is 8.36. The minimum absolute atomic E-state index is 0.0746. The number of hydrogen-bond donors (Lipinski definition) is 1. The summed E-state index contributed by atoms with van der Waals surface area (Å²) < 4.78 is 5.93. The topological polar surface area (TPSA) is 72.0 Å². The molecule has 5 nitrogen and oxygen atoms in total. The molecule has 0 spiro atoms. The molecular weight excluding hydrogens is 310 g/mol. The second-order valence-corrected chi connectivity index (χ2v) is 4.72. The van der Waals surface area contributed by atoms with Gasteiger partial charge in [0.1, 0.15) is 11.4 Å². The Morgan fingerprint density at radius 3 is 2.79 bits per heavy atom. The molecule has 0 aliphatic heterocycles. The lowest BCUT2D eigenvalue weighted by atomic mass is 10.2. The lowest BCUT2D eigenvalue weighted by molar-refractivity contribution is 0.425. The fourth-order valence-corrected chi connectivity index (χ4v) is 1.97. The van der Waals surface area contributed by atoms with Gasteiger partial charge in [-0.15, -0.1) is 0 Å². The number of phenols is 1. The van der Waals surface area contributed by atoms with Crippen LogP contribution < -0.4 is 0 Å². The van der Waals surface area contributed by atoms with Gasteiger partial charge in [-0.05, 0) is 30.3 Å². The van der Waals surface area contributed by atoms with Crippen LogP contribution in [0.2, 0.25) is 0 Å². The van der Waals surface area contributed by atoms with E-state index in [1.54, 1.807) is 30.5 Å². The van der Waals surface area contributed by atoms with Gasteiger partial charge >= 0.3 is 0 Å². The lowest BCUT2D eigenvalue weighted by Gasteiger charge is -1.98. The Morgan fingerprint density at radius 2 is 2.05 bits per heavy atom. The summed E-state index contributed by atoms with van der Waals surface area (Å²) in [5.41, 5.74) is 1.10. The van der Waals surface area contributed by atoms with E-state index in [4.69, 9.17) is 4.52 Å². The van der Waals surface area contributed by atoms with Crippen molar-refractivity contribution in [1.82, 2.24) is 15.1 Å². The highest BCUT2D eigenvalue weighted by atomic mass is 79.9. The van der Waals surface area contributed by atoms with Crippen LogP contribution in [-0.2, 0) is 0 Å². The predicted molar refractivity (Wildman–Crippen MR) is 72.3 cm³/mol. The molecule has 3 aromatic rings. The number of hydrogen-bond acceptors (Lipinski definition) is 5. The molecule has 0 saturated heterocycles. The third-order valence-electron chi connectivity index (χ3n) is 2.51. The first kappa shape index (κ1) is 11.9. The Labute approximate surface area is 117 Å². The average molecular weight is 318 g/mol. The zero-order valence-electron chi connectivity index (χ0n) is 9.62. The number of phenolic OH excluding ortho intramolecular Hbond substituents is 1. The van der Waals surface area contributed by atoms with E-state index in [0.717, 1.165) is 4.47 Å². The van der Waals surface area contributed by atoms with Gasteiger partial charge in [-0.25, -0.2) is 0 Å². The molecule has 0 bridgehead atoms. The monoisotopic (exact) mass is 317 g/mol. The quantitative estimate of drug-likeness (QED) is 0.785. The maximum absolute atomic E-state index is 9.85. The van der Waals surface area contributed by atoms with Gasteiger partial charge in [-0.1, -0.05) is 27.2 Å². The lowest BCUT2D eigenvalue weighted by Crippen LogP contribution is -1.84. The van der Waals surface area contributed by atoms with E-state index in [-0.39, 0.29) is 11.6 Å². The number of nitrogens with zero attached hydrogens (tertiary/aromatic N) is 3. The Balaban J connectivity index is 2.02. The van der Waals surface area contributed by atoms with Gasteiger partial charge in [-0.2, -0.15) is 4.98 Å². The number of aromatic nitrogens is 3. The predicted octanol–water partition coefficient (Wildman–Crippen LogP) is 3.27. The smallest absolute Gasteiger partial charge is 0.262 e. The van der Waals surface area contributed by atoms with Crippen molar-refractivity contribution in [2.24, 2.45) is 0 Å². The van der Waals surface area contributed by atoms with Crippen molar-refractivity contribution < 1.29 is 9.63 Å². The zero-order valence-corrected chi connectivity index (χ0v) is 11.2. The van der Waals surface area contributed by atoms with Crippen LogP contribution in [0.15, 0.2) is 51.6 Å². The van der Waals surface area contributed by atoms with E-state index < -0.39 is 0 Å². The van der Waals surface area contributed by atoms with Crippen molar-refractivity contribution in [2.45, 2.75) is 0 Å². The third kappa shape index (κ3) is 2.34. The molecular formula is C13H8BrN3O2. The van der Waals surface area contributed by atoms with Gasteiger partial charge in [-0.3, -0.25) is 4.98 Å². The van der Waals surface area contributed by atoms with E-state index in [2.05, 4.69) is 31.1 Å². The second-order valence-electron chi connectivity index (χ2n) is 3.80. The SMILES string of the molecule is Oc1cc(Br)ccc1-c1nc(-c2ccccn2)no1. The standard InChI is InChI=1S/C13H8BrN3O2/c14-8-4-5-9(11(18)7-8)13-16-12(17-19-13)10-3-1-2-6-15-10/h1-7,18H. The molecule has 0 aliphatic carbocycles. The first-order chi connectivity index (χ1) is 9.24. The summed E-state index contributed by atoms with van der Waals surface area (Å²) in [6.07, 6.45) is 1.66. The summed E-state index contributed by atoms with van der Waals surface area (Å²) in [6.45, 7) is 0. The Morgan fingerprint density at radius 1 is 1.16 bits per heavy atom. The van der Waals surface area contributed by atoms with Gasteiger partial charge in [0.2, 0.25) is 5.82 Å². The maximum Gasteiger partial charge on any atom is 0.262 e. The van der Waals surface area contributed by atoms with Crippen LogP contribution in [-0.4, -0.2) is 20.2 Å². The minimum Gasteiger partial charge on any atom is -0.507 e. The fraction of sp³-hybridized carbons (Fsp3) is 0. The number of halogens is 1. The Kier molecular flexibility index (Phi) is 3.00. The molecule has 2 heterocycles. The first-order valence-corrected chi connectivity index (χ1v) is 6.27. The Hall–Kier alpha value is -2.21. The molecule has 0 saturated carbocycles. The minimum atomic E-state index is 0.0746. The molecule has 0 aliphatic rings. The van der Waals surface area contributed by atoms with Gasteiger partial charge in [0, 0.05) is 10.7 Å². The third-order valence-corrected chi connectivity index (χ3v) is 3.00. The van der Waals surface area contributed by atoms with Crippen LogP contribution in [0.1, 0.15) is 0 Å². The largest absolute Gasteiger partial charge is 0.507 e. The molecule has 94 valence electrons. The fourth-order valence-electron chi connectivity index (χ4n) is 1.62. The molecule has 2 aromatic heterocycles. The van der Waals surface area contributed by atoms with Crippen LogP contribution in [0.25, 0.3) is 23.0 Å². The molecule has 0 atom stereocenters. The van der Waals surface area contributed by atoms with Gasteiger partial charge in [0.25, 0.3) is 5.89 Å². The van der Waals surface area contributed by atoms with Crippen molar-refractivity contribution in [2.75, 3.05) is 0 Å². The number of pyridine rings is 1. The van der Waals surface area contributed by atoms with Crippen LogP contribution in [0, 0.1) is 0 Å². The van der Waals surface area contributed by atoms with Crippen molar-refractivity contribution in [3.63, 3.8) is 0 Å². The zero-order chi connectivity index (χ0) is 13.2. The van der Waals surface area contributed by atoms with Gasteiger partial charge in [0.05, 0.1) is 5.56 Å². The Bertz CT molecular complexity index is 713. The van der Waals surface area contributed by atoms with E-state index >= 15 is 0 Å². The van der Waals surface area contributed by atoms with Crippen LogP contribution in [0.4, 0.5) is 0 Å². The van der Waals surface area contributed by atoms with Crippen LogP contribution in [0.5, 0.6) is 5.75 Å². The highest BCUT2D eigenvalue weighted by Gasteiger charge is 2.14. The number of benzene rings is 1. The van der Waals surface area contributed by atoms with Gasteiger partial charge < -0.3 is 9.63 Å². The molecule has 1 aromatic carbocycles. The molecule has 1 N–H and O–H groups in total. The van der Waals surface area contributed by atoms with E-state index in [9.17, 15) is 5.11 Å². The first-order valence-electron chi connectivity index (χ1n) is 5.48. The highest BCUT2D eigenvalue weighted by Crippen LogP contribution is 2.31. The maximum atomic E-state index is 9.85. The summed E-state index contributed by atoms with van der Waals surface area (Å²) in [5.74, 6) is 0.717. The van der Waals surface area contributed by atoms with E-state index in [0.29, 0.717) is 17.1 Å². The summed E-state index contributed by atoms with van der Waals surface area (Å²) in [7, 11) is 0. The summed E-state index contributed by atoms with van der Waals surface area (Å²) in [5, 5.41) is 13.7. The van der Waals surface area contributed by atoms with Crippen molar-refractivity contribution in [1.29, 1.82) is 0 Å². The molecule has 6 heteroatoms. The highest BCUT2D eigenvalue weighted by molar-refractivity contribution is 9.10. The molecule has 0 radical (unpaired) electrons. The molecule has 0 amide bonds. The van der Waals surface area contributed by atoms with Crippen LogP contribution in [0.3, 0.4) is 0 Å². The number of rotatable bonds is 2. The molecule has 19 heavy (non-hydrogen) atoms. The van der Waals surface area contributed by atoms with Crippen molar-refractivity contribution in [3.05, 3.63) is 47.1 Å². The average Bonchev–Trinajstić information content (AvgIpc) is 2.89. The summed E-state index contributed by atoms with van der Waals surface area (Å²) >= 11 is 3.27. The number of aromatic hydroxyl groups is 1.